The van der Waals surface area contributed by atoms with E-state index in [4.69, 9.17) is 5.73 Å². The zero-order valence-electron chi connectivity index (χ0n) is 8.86. The van der Waals surface area contributed by atoms with E-state index >= 15 is 0 Å². The Labute approximate surface area is 88.4 Å². The van der Waals surface area contributed by atoms with Gasteiger partial charge in [-0.1, -0.05) is 38.0 Å². The molecule has 0 spiro atoms. The molecule has 0 aromatic heterocycles. The topological polar surface area (TPSA) is 26.0 Å². The maximum Gasteiger partial charge on any atom is 0.0799 e. The summed E-state index contributed by atoms with van der Waals surface area (Å²) in [6.45, 7) is 11.5. The van der Waals surface area contributed by atoms with Crippen LogP contribution in [-0.2, 0) is 0 Å². The van der Waals surface area contributed by atoms with Gasteiger partial charge in [0.25, 0.3) is 0 Å². The number of rotatable bonds is 8. The van der Waals surface area contributed by atoms with Gasteiger partial charge in [-0.05, 0) is 12.3 Å². The Hall–Kier alpha value is -0.810. The molecule has 78 valence electrons. The summed E-state index contributed by atoms with van der Waals surface area (Å²) in [7, 11) is -1.03. The first-order valence-electron chi connectivity index (χ1n) is 4.79. The maximum absolute atomic E-state index is 5.38. The number of allylic oxidation sites excluding steroid dienone is 4. The third-order valence-electron chi connectivity index (χ3n) is 2.18. The molecule has 0 rings (SSSR count). The smallest absolute Gasteiger partial charge is 0.0799 e. The molecule has 0 aliphatic heterocycles. The highest BCUT2D eigenvalue weighted by molar-refractivity contribution is 7.76. The Morgan fingerprint density at radius 1 is 0.857 bits per heavy atom. The molecular weight excluding hydrogens is 189 g/mol. The van der Waals surface area contributed by atoms with Crippen LogP contribution < -0.4 is 5.73 Å². The summed E-state index contributed by atoms with van der Waals surface area (Å²) in [5.41, 5.74) is 5.38. The fourth-order valence-corrected chi connectivity index (χ4v) is 4.66. The van der Waals surface area contributed by atoms with E-state index in [1.807, 2.05) is 24.3 Å². The molecule has 0 aliphatic rings. The van der Waals surface area contributed by atoms with E-state index in [0.717, 1.165) is 24.6 Å². The molecular formula is C12H21NP+. The molecule has 0 bridgehead atoms. The van der Waals surface area contributed by atoms with Crippen molar-refractivity contribution in [2.75, 3.05) is 24.6 Å². The summed E-state index contributed by atoms with van der Waals surface area (Å²) < 4.78 is 0. The van der Waals surface area contributed by atoms with Crippen LogP contribution >= 0.6 is 7.26 Å². The third-order valence-corrected chi connectivity index (χ3v) is 6.26. The minimum Gasteiger partial charge on any atom is -0.405 e. The van der Waals surface area contributed by atoms with E-state index in [1.165, 1.54) is 0 Å². The largest absolute Gasteiger partial charge is 0.405 e. The van der Waals surface area contributed by atoms with E-state index in [9.17, 15) is 0 Å². The van der Waals surface area contributed by atoms with Gasteiger partial charge in [0.05, 0.1) is 24.6 Å². The molecule has 0 radical (unpaired) electrons. The van der Waals surface area contributed by atoms with E-state index in [0.29, 0.717) is 0 Å². The fourth-order valence-electron chi connectivity index (χ4n) is 1.55. The van der Waals surface area contributed by atoms with E-state index in [-0.39, 0.29) is 0 Å². The Kier molecular flexibility index (Phi) is 7.14. The van der Waals surface area contributed by atoms with Crippen molar-refractivity contribution < 1.29 is 0 Å². The molecule has 0 fully saturated rings. The van der Waals surface area contributed by atoms with Crippen LogP contribution in [0.2, 0.25) is 0 Å². The molecule has 0 saturated carbocycles. The van der Waals surface area contributed by atoms with Gasteiger partial charge in [-0.15, -0.1) is 0 Å². The van der Waals surface area contributed by atoms with Crippen LogP contribution in [0.5, 0.6) is 0 Å². The van der Waals surface area contributed by atoms with Crippen LogP contribution in [0.1, 0.15) is 0 Å². The van der Waals surface area contributed by atoms with Crippen molar-refractivity contribution >= 4 is 7.26 Å². The molecule has 0 atom stereocenters. The molecule has 0 heterocycles. The van der Waals surface area contributed by atoms with Crippen molar-refractivity contribution in [3.63, 3.8) is 0 Å². The molecule has 0 saturated heterocycles. The van der Waals surface area contributed by atoms with Crippen molar-refractivity contribution in [3.8, 4) is 0 Å². The van der Waals surface area contributed by atoms with Crippen molar-refractivity contribution in [2.45, 2.75) is 0 Å². The van der Waals surface area contributed by atoms with Crippen molar-refractivity contribution in [3.05, 3.63) is 50.2 Å². The summed E-state index contributed by atoms with van der Waals surface area (Å²) in [5, 5.41) is 0. The summed E-state index contributed by atoms with van der Waals surface area (Å²) in [5.74, 6) is 0. The molecule has 2 N–H and O–H groups in total. The summed E-state index contributed by atoms with van der Waals surface area (Å²) in [4.78, 5) is 0. The van der Waals surface area contributed by atoms with Gasteiger partial charge >= 0.3 is 0 Å². The van der Waals surface area contributed by atoms with Gasteiger partial charge in [-0.25, -0.2) is 0 Å². The van der Waals surface area contributed by atoms with Gasteiger partial charge < -0.3 is 5.73 Å². The minimum atomic E-state index is -1.03. The Bertz CT molecular complexity index is 192. The van der Waals surface area contributed by atoms with Crippen molar-refractivity contribution in [1.82, 2.24) is 0 Å². The molecule has 2 heteroatoms. The second-order valence-corrected chi connectivity index (χ2v) is 7.51. The Balaban J connectivity index is 4.59. The lowest BCUT2D eigenvalue weighted by Gasteiger charge is -2.22. The van der Waals surface area contributed by atoms with E-state index in [2.05, 4.69) is 19.7 Å². The van der Waals surface area contributed by atoms with Crippen LogP contribution in [0, 0.1) is 0 Å². The van der Waals surface area contributed by atoms with Crippen LogP contribution in [-0.4, -0.2) is 24.6 Å². The zero-order chi connectivity index (χ0) is 10.9. The first-order valence-corrected chi connectivity index (χ1v) is 7.32. The van der Waals surface area contributed by atoms with Gasteiger partial charge in [0, 0.05) is 7.26 Å². The average Bonchev–Trinajstić information content (AvgIpc) is 2.16. The molecule has 0 aromatic carbocycles. The number of hydrogen-bond donors (Lipinski definition) is 1. The number of hydrogen-bond acceptors (Lipinski definition) is 1. The molecule has 0 aromatic rings. The Morgan fingerprint density at radius 2 is 1.29 bits per heavy atom. The van der Waals surface area contributed by atoms with Gasteiger partial charge in [0.1, 0.15) is 0 Å². The first kappa shape index (κ1) is 13.2. The minimum absolute atomic E-state index is 1.03. The SMILES string of the molecule is C=CC[P+](CC=C)(CC=C)CC=CN. The van der Waals surface area contributed by atoms with Gasteiger partial charge in [0.2, 0.25) is 0 Å². The lowest BCUT2D eigenvalue weighted by Crippen LogP contribution is -2.07. The van der Waals surface area contributed by atoms with Crippen LogP contribution in [0.3, 0.4) is 0 Å². The second-order valence-electron chi connectivity index (χ2n) is 3.37. The lowest BCUT2D eigenvalue weighted by atomic mass is 10.7. The molecule has 0 aliphatic carbocycles. The standard InChI is InChI=1S/C12H21NP/c1-4-9-14(10-5-2,11-6-3)12-7-8-13/h4-8H,1-3,9-13H2/q+1. The highest BCUT2D eigenvalue weighted by atomic mass is 31.2. The van der Waals surface area contributed by atoms with E-state index in [1.54, 1.807) is 6.20 Å². The van der Waals surface area contributed by atoms with Gasteiger partial charge in [-0.3, -0.25) is 0 Å². The Morgan fingerprint density at radius 3 is 1.57 bits per heavy atom. The average molecular weight is 210 g/mol. The molecule has 0 amide bonds. The first-order chi connectivity index (χ1) is 6.74. The monoisotopic (exact) mass is 210 g/mol. The second kappa shape index (κ2) is 7.58. The van der Waals surface area contributed by atoms with Crippen molar-refractivity contribution in [2.24, 2.45) is 5.73 Å². The predicted molar refractivity (Wildman–Crippen MR) is 70.3 cm³/mol. The normalized spacial score (nSPS) is 11.4. The highest BCUT2D eigenvalue weighted by Crippen LogP contribution is 2.58. The van der Waals surface area contributed by atoms with Crippen LogP contribution in [0.15, 0.2) is 50.2 Å². The number of nitrogens with two attached hydrogens (primary N) is 1. The molecule has 14 heavy (non-hydrogen) atoms. The molecule has 0 unspecified atom stereocenters. The summed E-state index contributed by atoms with van der Waals surface area (Å²) >= 11 is 0. The molecule has 1 nitrogen and oxygen atoms in total. The zero-order valence-corrected chi connectivity index (χ0v) is 9.76. The maximum atomic E-state index is 5.38. The van der Waals surface area contributed by atoms with Crippen LogP contribution in [0.4, 0.5) is 0 Å². The third kappa shape index (κ3) is 4.43. The van der Waals surface area contributed by atoms with Gasteiger partial charge in [0.15, 0.2) is 0 Å². The quantitative estimate of drug-likeness (QED) is 0.483. The predicted octanol–water partition coefficient (Wildman–Crippen LogP) is 3.03. The van der Waals surface area contributed by atoms with Crippen LogP contribution in [0.25, 0.3) is 0 Å². The lowest BCUT2D eigenvalue weighted by molar-refractivity contribution is 1.44. The summed E-state index contributed by atoms with van der Waals surface area (Å²) in [6, 6.07) is 0. The summed E-state index contributed by atoms with van der Waals surface area (Å²) in [6.07, 6.45) is 14.0. The fraction of sp³-hybridized carbons (Fsp3) is 0.333. The highest BCUT2D eigenvalue weighted by Gasteiger charge is 2.31. The van der Waals surface area contributed by atoms with Gasteiger partial charge in [-0.2, -0.15) is 0 Å². The van der Waals surface area contributed by atoms with E-state index < -0.39 is 7.26 Å². The van der Waals surface area contributed by atoms with Crippen molar-refractivity contribution in [1.29, 1.82) is 0 Å².